The lowest BCUT2D eigenvalue weighted by Crippen LogP contribution is -2.77. The van der Waals surface area contributed by atoms with E-state index >= 15 is 4.39 Å². The lowest BCUT2D eigenvalue weighted by molar-refractivity contribution is -0.131. The largest absolute Gasteiger partial charge is 0.598 e. The van der Waals surface area contributed by atoms with Gasteiger partial charge in [-0.15, -0.1) is 4.72 Å². The summed E-state index contributed by atoms with van der Waals surface area (Å²) in [5, 5.41) is 0. The van der Waals surface area contributed by atoms with Crippen molar-refractivity contribution in [1.29, 1.82) is 0 Å². The number of carbonyl (C=O) groups is 1. The number of amides is 1. The first-order chi connectivity index (χ1) is 13.3. The first kappa shape index (κ1) is 22.7. The third-order valence-corrected chi connectivity index (χ3v) is 6.40. The third kappa shape index (κ3) is 4.70. The third-order valence-electron chi connectivity index (χ3n) is 5.24. The summed E-state index contributed by atoms with van der Waals surface area (Å²) < 4.78 is 63.8. The summed E-state index contributed by atoms with van der Waals surface area (Å²) in [5.74, 6) is -1.34. The normalized spacial score (nSPS) is 30.0. The van der Waals surface area contributed by atoms with Crippen LogP contribution in [-0.4, -0.2) is 51.2 Å². The van der Waals surface area contributed by atoms with E-state index in [2.05, 4.69) is 20.7 Å². The van der Waals surface area contributed by atoms with Crippen molar-refractivity contribution in [3.05, 3.63) is 33.8 Å². The monoisotopic (exact) mass is 496 g/mol. The summed E-state index contributed by atoms with van der Waals surface area (Å²) in [6.07, 6.45) is 0.708. The summed E-state index contributed by atoms with van der Waals surface area (Å²) in [6.45, 7) is 5.14. The van der Waals surface area contributed by atoms with Crippen LogP contribution in [0.4, 0.5) is 18.0 Å². The van der Waals surface area contributed by atoms with Crippen LogP contribution >= 0.6 is 15.9 Å². The highest BCUT2D eigenvalue weighted by atomic mass is 79.9. The lowest BCUT2D eigenvalue weighted by Gasteiger charge is -2.60. The summed E-state index contributed by atoms with van der Waals surface area (Å²) in [4.78, 5) is 14.3. The molecule has 1 unspecified atom stereocenters. The second-order valence-electron chi connectivity index (χ2n) is 8.67. The smallest absolute Gasteiger partial charge is 0.410 e. The number of ether oxygens (including phenoxy) is 1. The molecule has 162 valence electrons. The Morgan fingerprint density at radius 3 is 2.59 bits per heavy atom. The van der Waals surface area contributed by atoms with Crippen molar-refractivity contribution in [3.8, 4) is 0 Å². The van der Waals surface area contributed by atoms with E-state index in [0.29, 0.717) is 0 Å². The quantitative estimate of drug-likeness (QED) is 0.505. The molecule has 3 aliphatic rings. The molecule has 4 rings (SSSR count). The Balaban J connectivity index is 1.99. The summed E-state index contributed by atoms with van der Waals surface area (Å²) >= 11 is 1.40. The van der Waals surface area contributed by atoms with Crippen LogP contribution in [0.3, 0.4) is 0 Å². The molecule has 1 saturated carbocycles. The van der Waals surface area contributed by atoms with Crippen LogP contribution in [0, 0.1) is 11.6 Å². The van der Waals surface area contributed by atoms with Gasteiger partial charge in [0, 0.05) is 30.2 Å². The Morgan fingerprint density at radius 1 is 1.41 bits per heavy atom. The standard InChI is InChI=1S/C19H24BrF3N2O3S/c1-18(2,3)28-17(26)25-12-8-19(23,9-12)16(24-29(4)27)14(25)6-10-5-11(21)7-13(20)15(10)22/h5,7,12,14,16,24H,6,8-9H2,1-4H3/t12?,14-,16+,19?,29?/m0/s1. The number of piperidine rings is 2. The SMILES string of the molecule is C[S+]([O-])N[C@@H]1[C@H](Cc2cc(F)cc(Br)c2F)N(C(=O)OC(C)(C)C)C2CC1(F)C2. The second-order valence-corrected chi connectivity index (χ2v) is 10.7. The van der Waals surface area contributed by atoms with Crippen molar-refractivity contribution < 1.29 is 27.3 Å². The highest BCUT2D eigenvalue weighted by Crippen LogP contribution is 2.50. The number of nitrogens with zero attached hydrogens (tertiary/aromatic N) is 1. The van der Waals surface area contributed by atoms with Gasteiger partial charge >= 0.3 is 6.09 Å². The topological polar surface area (TPSA) is 64.6 Å². The molecule has 1 aliphatic carbocycles. The zero-order valence-electron chi connectivity index (χ0n) is 16.6. The van der Waals surface area contributed by atoms with E-state index in [1.165, 1.54) is 11.2 Å². The minimum absolute atomic E-state index is 0.00554. The Kier molecular flexibility index (Phi) is 6.22. The Bertz CT molecular complexity index is 800. The van der Waals surface area contributed by atoms with E-state index in [0.717, 1.165) is 12.1 Å². The van der Waals surface area contributed by atoms with Crippen LogP contribution in [0.5, 0.6) is 0 Å². The van der Waals surface area contributed by atoms with Crippen molar-refractivity contribution in [2.45, 2.75) is 69.4 Å². The van der Waals surface area contributed by atoms with Crippen LogP contribution < -0.4 is 4.72 Å². The first-order valence-electron chi connectivity index (χ1n) is 9.24. The van der Waals surface area contributed by atoms with Gasteiger partial charge in [0.05, 0.1) is 10.5 Å². The average Bonchev–Trinajstić information content (AvgIpc) is 2.51. The van der Waals surface area contributed by atoms with Crippen LogP contribution in [-0.2, 0) is 22.5 Å². The average molecular weight is 497 g/mol. The molecular weight excluding hydrogens is 473 g/mol. The van der Waals surface area contributed by atoms with Gasteiger partial charge in [-0.3, -0.25) is 4.90 Å². The molecule has 1 amide bonds. The van der Waals surface area contributed by atoms with Gasteiger partial charge in [-0.25, -0.2) is 18.0 Å². The predicted octanol–water partition coefficient (Wildman–Crippen LogP) is 4.01. The van der Waals surface area contributed by atoms with E-state index < -0.39 is 58.5 Å². The molecule has 3 fully saturated rings. The number of hydrogen-bond donors (Lipinski definition) is 1. The van der Waals surface area contributed by atoms with Gasteiger partial charge in [0.25, 0.3) is 0 Å². The maximum Gasteiger partial charge on any atom is 0.410 e. The maximum absolute atomic E-state index is 15.4. The molecule has 29 heavy (non-hydrogen) atoms. The minimum atomic E-state index is -1.68. The number of hydrogen-bond acceptors (Lipinski definition) is 4. The van der Waals surface area contributed by atoms with Gasteiger partial charge in [0.15, 0.2) is 0 Å². The Labute approximate surface area is 179 Å². The predicted molar refractivity (Wildman–Crippen MR) is 107 cm³/mol. The zero-order chi connectivity index (χ0) is 21.7. The lowest BCUT2D eigenvalue weighted by atomic mass is 9.64. The van der Waals surface area contributed by atoms with Gasteiger partial charge in [-0.05, 0) is 60.8 Å². The summed E-state index contributed by atoms with van der Waals surface area (Å²) in [6, 6.07) is -0.292. The van der Waals surface area contributed by atoms with E-state index in [4.69, 9.17) is 4.74 Å². The number of fused-ring (bicyclic) bond motifs is 2. The van der Waals surface area contributed by atoms with Crippen molar-refractivity contribution in [2.24, 2.45) is 0 Å². The Hall–Kier alpha value is -0.970. The number of alkyl halides is 1. The maximum atomic E-state index is 15.4. The molecule has 1 N–H and O–H groups in total. The molecule has 2 aliphatic heterocycles. The molecule has 1 aromatic rings. The molecule has 1 aromatic carbocycles. The van der Waals surface area contributed by atoms with Crippen LogP contribution in [0.1, 0.15) is 39.2 Å². The van der Waals surface area contributed by atoms with Gasteiger partial charge in [-0.1, -0.05) is 0 Å². The van der Waals surface area contributed by atoms with E-state index in [-0.39, 0.29) is 29.3 Å². The minimum Gasteiger partial charge on any atom is -0.598 e. The molecule has 0 spiro atoms. The van der Waals surface area contributed by atoms with Gasteiger partial charge in [-0.2, -0.15) is 0 Å². The second kappa shape index (κ2) is 7.94. The van der Waals surface area contributed by atoms with Crippen molar-refractivity contribution in [2.75, 3.05) is 6.26 Å². The molecule has 2 bridgehead atoms. The molecular formula is C19H24BrF3N2O3S. The number of benzene rings is 1. The van der Waals surface area contributed by atoms with E-state index in [1.54, 1.807) is 20.8 Å². The first-order valence-corrected chi connectivity index (χ1v) is 11.6. The number of rotatable bonds is 4. The summed E-state index contributed by atoms with van der Waals surface area (Å²) in [7, 11) is 0. The molecule has 0 radical (unpaired) electrons. The number of nitrogens with one attached hydrogen (secondary N) is 1. The van der Waals surface area contributed by atoms with E-state index in [9.17, 15) is 18.1 Å². The Morgan fingerprint density at radius 2 is 2.03 bits per heavy atom. The summed E-state index contributed by atoms with van der Waals surface area (Å²) in [5.41, 5.74) is -2.46. The van der Waals surface area contributed by atoms with Gasteiger partial charge < -0.3 is 9.29 Å². The molecule has 10 heteroatoms. The zero-order valence-corrected chi connectivity index (χ0v) is 19.0. The highest BCUT2D eigenvalue weighted by molar-refractivity contribution is 9.10. The fourth-order valence-electron chi connectivity index (χ4n) is 4.11. The number of halogens is 4. The molecule has 0 aromatic heterocycles. The molecule has 2 saturated heterocycles. The van der Waals surface area contributed by atoms with Crippen LogP contribution in [0.25, 0.3) is 0 Å². The van der Waals surface area contributed by atoms with Crippen molar-refractivity contribution in [3.63, 3.8) is 0 Å². The van der Waals surface area contributed by atoms with Crippen LogP contribution in [0.2, 0.25) is 0 Å². The number of carbonyl (C=O) groups excluding carboxylic acids is 1. The van der Waals surface area contributed by atoms with Crippen LogP contribution in [0.15, 0.2) is 16.6 Å². The molecule has 5 nitrogen and oxygen atoms in total. The fraction of sp³-hybridized carbons (Fsp3) is 0.632. The van der Waals surface area contributed by atoms with E-state index in [1.807, 2.05) is 0 Å². The highest BCUT2D eigenvalue weighted by Gasteiger charge is 2.64. The fourth-order valence-corrected chi connectivity index (χ4v) is 5.31. The van der Waals surface area contributed by atoms with Gasteiger partial charge in [0.1, 0.15) is 35.2 Å². The molecule has 2 heterocycles. The van der Waals surface area contributed by atoms with Gasteiger partial charge in [0.2, 0.25) is 0 Å². The molecule has 3 atom stereocenters. The van der Waals surface area contributed by atoms with Crippen molar-refractivity contribution >= 4 is 33.4 Å². The van der Waals surface area contributed by atoms with Crippen molar-refractivity contribution in [1.82, 2.24) is 9.62 Å².